The second kappa shape index (κ2) is 8.10. The lowest BCUT2D eigenvalue weighted by Gasteiger charge is -2.34. The molecule has 154 valence electrons. The van der Waals surface area contributed by atoms with Gasteiger partial charge in [-0.15, -0.1) is 0 Å². The molecule has 1 aliphatic carbocycles. The van der Waals surface area contributed by atoms with Crippen molar-refractivity contribution in [1.82, 2.24) is 14.9 Å². The van der Waals surface area contributed by atoms with Crippen LogP contribution in [0.3, 0.4) is 0 Å². The van der Waals surface area contributed by atoms with Crippen LogP contribution in [0.2, 0.25) is 0 Å². The van der Waals surface area contributed by atoms with Crippen molar-refractivity contribution in [3.63, 3.8) is 0 Å². The van der Waals surface area contributed by atoms with Crippen molar-refractivity contribution >= 4 is 5.91 Å². The summed E-state index contributed by atoms with van der Waals surface area (Å²) in [6.45, 7) is 1.21. The first-order valence-corrected chi connectivity index (χ1v) is 9.82. The van der Waals surface area contributed by atoms with Gasteiger partial charge in [0.25, 0.3) is 0 Å². The van der Waals surface area contributed by atoms with Crippen LogP contribution in [0.15, 0.2) is 36.7 Å². The quantitative estimate of drug-likeness (QED) is 0.766. The lowest BCUT2D eigenvalue weighted by atomic mass is 10.0. The molecule has 0 N–H and O–H groups in total. The first-order chi connectivity index (χ1) is 13.9. The predicted molar refractivity (Wildman–Crippen MR) is 99.7 cm³/mol. The molecule has 1 saturated heterocycles. The number of alkyl halides is 3. The number of morpholine rings is 1. The van der Waals surface area contributed by atoms with Gasteiger partial charge in [-0.2, -0.15) is 13.2 Å². The van der Waals surface area contributed by atoms with Crippen LogP contribution < -0.4 is 0 Å². The van der Waals surface area contributed by atoms with E-state index in [0.29, 0.717) is 36.6 Å². The molecule has 2 heterocycles. The number of hydrogen-bond donors (Lipinski definition) is 0. The van der Waals surface area contributed by atoms with Gasteiger partial charge in [0, 0.05) is 30.4 Å². The molecule has 0 unspecified atom stereocenters. The Labute approximate surface area is 166 Å². The van der Waals surface area contributed by atoms with Crippen molar-refractivity contribution in [2.45, 2.75) is 38.0 Å². The highest BCUT2D eigenvalue weighted by Crippen LogP contribution is 2.35. The number of amides is 1. The van der Waals surface area contributed by atoms with Gasteiger partial charge in [-0.05, 0) is 25.0 Å². The zero-order valence-corrected chi connectivity index (χ0v) is 15.9. The number of hydrogen-bond acceptors (Lipinski definition) is 4. The average molecular weight is 405 g/mol. The summed E-state index contributed by atoms with van der Waals surface area (Å²) in [6.07, 6.45) is 1.97. The number of nitrogens with zero attached hydrogens (tertiary/aromatic N) is 3. The Hall–Kier alpha value is -2.48. The number of aromatic nitrogens is 2. The SMILES string of the molecule is O=C(C1CCCC1)N1CCO[C@H](c2nccnc2-c2cccc(C(F)(F)F)c2)C1. The second-order valence-corrected chi connectivity index (χ2v) is 7.49. The maximum absolute atomic E-state index is 13.1. The molecule has 0 spiro atoms. The summed E-state index contributed by atoms with van der Waals surface area (Å²) >= 11 is 0. The molecule has 4 rings (SSSR count). The smallest absolute Gasteiger partial charge is 0.368 e. The highest BCUT2D eigenvalue weighted by atomic mass is 19.4. The number of rotatable bonds is 3. The molecule has 1 aliphatic heterocycles. The van der Waals surface area contributed by atoms with E-state index in [4.69, 9.17) is 4.74 Å². The van der Waals surface area contributed by atoms with Crippen molar-refractivity contribution in [2.75, 3.05) is 19.7 Å². The standard InChI is InChI=1S/C21H22F3N3O2/c22-21(23,24)16-7-3-6-15(12-16)18-19(26-9-8-25-18)17-13-27(10-11-29-17)20(28)14-4-1-2-5-14/h3,6-9,12,14,17H,1-2,4-5,10-11,13H2/t17-/m0/s1. The van der Waals surface area contributed by atoms with Crippen LogP contribution in [0.1, 0.15) is 43.0 Å². The summed E-state index contributed by atoms with van der Waals surface area (Å²) < 4.78 is 45.2. The van der Waals surface area contributed by atoms with E-state index < -0.39 is 17.8 Å². The zero-order chi connectivity index (χ0) is 20.4. The van der Waals surface area contributed by atoms with Gasteiger partial charge in [0.05, 0.1) is 30.1 Å². The normalized spacial score (nSPS) is 20.8. The second-order valence-electron chi connectivity index (χ2n) is 7.49. The van der Waals surface area contributed by atoms with E-state index in [9.17, 15) is 18.0 Å². The van der Waals surface area contributed by atoms with E-state index >= 15 is 0 Å². The topological polar surface area (TPSA) is 55.3 Å². The summed E-state index contributed by atoms with van der Waals surface area (Å²) in [7, 11) is 0. The summed E-state index contributed by atoms with van der Waals surface area (Å²) in [4.78, 5) is 23.2. The van der Waals surface area contributed by atoms with Gasteiger partial charge in [-0.1, -0.05) is 25.0 Å². The Bertz CT molecular complexity index is 881. The minimum Gasteiger partial charge on any atom is -0.368 e. The first-order valence-electron chi connectivity index (χ1n) is 9.82. The largest absolute Gasteiger partial charge is 0.416 e. The summed E-state index contributed by atoms with van der Waals surface area (Å²) in [5, 5.41) is 0. The van der Waals surface area contributed by atoms with Crippen molar-refractivity contribution in [1.29, 1.82) is 0 Å². The van der Waals surface area contributed by atoms with Crippen molar-refractivity contribution in [3.8, 4) is 11.3 Å². The van der Waals surface area contributed by atoms with Gasteiger partial charge in [0.2, 0.25) is 5.91 Å². The molecule has 8 heteroatoms. The van der Waals surface area contributed by atoms with E-state index in [1.165, 1.54) is 18.5 Å². The van der Waals surface area contributed by atoms with E-state index in [0.717, 1.165) is 37.8 Å². The fourth-order valence-corrected chi connectivity index (χ4v) is 4.10. The molecule has 1 amide bonds. The first kappa shape index (κ1) is 19.8. The molecule has 2 aromatic rings. The Morgan fingerprint density at radius 1 is 1.14 bits per heavy atom. The monoisotopic (exact) mass is 405 g/mol. The van der Waals surface area contributed by atoms with Crippen molar-refractivity contribution < 1.29 is 22.7 Å². The molecular formula is C21H22F3N3O2. The number of ether oxygens (including phenoxy) is 1. The van der Waals surface area contributed by atoms with E-state index in [-0.39, 0.29) is 11.8 Å². The highest BCUT2D eigenvalue weighted by Gasteiger charge is 2.34. The molecule has 1 aromatic carbocycles. The Morgan fingerprint density at radius 2 is 1.90 bits per heavy atom. The number of halogens is 3. The third kappa shape index (κ3) is 4.27. The minimum absolute atomic E-state index is 0.0681. The highest BCUT2D eigenvalue weighted by molar-refractivity contribution is 5.79. The van der Waals surface area contributed by atoms with Gasteiger partial charge in [0.15, 0.2) is 0 Å². The maximum atomic E-state index is 13.1. The fourth-order valence-electron chi connectivity index (χ4n) is 4.10. The molecule has 0 radical (unpaired) electrons. The van der Waals surface area contributed by atoms with Crippen LogP contribution in [-0.4, -0.2) is 40.5 Å². The zero-order valence-electron chi connectivity index (χ0n) is 15.9. The summed E-state index contributed by atoms with van der Waals surface area (Å²) in [5.41, 5.74) is 0.384. The Balaban J connectivity index is 1.60. The Kier molecular flexibility index (Phi) is 5.54. The van der Waals surface area contributed by atoms with Gasteiger partial charge < -0.3 is 9.64 Å². The molecule has 1 aromatic heterocycles. The molecular weight excluding hydrogens is 383 g/mol. The van der Waals surface area contributed by atoms with Crippen LogP contribution >= 0.6 is 0 Å². The molecule has 1 atom stereocenters. The van der Waals surface area contributed by atoms with E-state index in [1.807, 2.05) is 0 Å². The number of carbonyl (C=O) groups is 1. The van der Waals surface area contributed by atoms with Crippen LogP contribution in [-0.2, 0) is 15.7 Å². The number of carbonyl (C=O) groups excluding carboxylic acids is 1. The number of benzene rings is 1. The van der Waals surface area contributed by atoms with Crippen LogP contribution in [0.5, 0.6) is 0 Å². The lowest BCUT2D eigenvalue weighted by molar-refractivity contribution is -0.143. The molecule has 1 saturated carbocycles. The summed E-state index contributed by atoms with van der Waals surface area (Å²) in [5.74, 6) is 0.207. The third-order valence-electron chi connectivity index (χ3n) is 5.58. The van der Waals surface area contributed by atoms with Gasteiger partial charge in [0.1, 0.15) is 6.10 Å². The van der Waals surface area contributed by atoms with E-state index in [1.54, 1.807) is 11.0 Å². The van der Waals surface area contributed by atoms with Gasteiger partial charge >= 0.3 is 6.18 Å². The molecule has 2 fully saturated rings. The van der Waals surface area contributed by atoms with Gasteiger partial charge in [-0.3, -0.25) is 14.8 Å². The third-order valence-corrected chi connectivity index (χ3v) is 5.58. The maximum Gasteiger partial charge on any atom is 0.416 e. The Morgan fingerprint density at radius 3 is 2.66 bits per heavy atom. The van der Waals surface area contributed by atoms with E-state index in [2.05, 4.69) is 9.97 Å². The average Bonchev–Trinajstić information content (AvgIpc) is 3.28. The van der Waals surface area contributed by atoms with Crippen LogP contribution in [0, 0.1) is 5.92 Å². The van der Waals surface area contributed by atoms with Crippen molar-refractivity contribution in [3.05, 3.63) is 47.9 Å². The van der Waals surface area contributed by atoms with Crippen molar-refractivity contribution in [2.24, 2.45) is 5.92 Å². The van der Waals surface area contributed by atoms with Gasteiger partial charge in [-0.25, -0.2) is 0 Å². The molecule has 29 heavy (non-hydrogen) atoms. The molecule has 5 nitrogen and oxygen atoms in total. The van der Waals surface area contributed by atoms with Crippen LogP contribution in [0.4, 0.5) is 13.2 Å². The minimum atomic E-state index is -4.44. The molecule has 2 aliphatic rings. The predicted octanol–water partition coefficient (Wildman–Crippen LogP) is 4.25. The molecule has 0 bridgehead atoms. The fraction of sp³-hybridized carbons (Fsp3) is 0.476. The lowest BCUT2D eigenvalue weighted by Crippen LogP contribution is -2.44. The summed E-state index contributed by atoms with van der Waals surface area (Å²) in [6, 6.07) is 5.03. The van der Waals surface area contributed by atoms with Crippen LogP contribution in [0.25, 0.3) is 11.3 Å².